The van der Waals surface area contributed by atoms with Gasteiger partial charge in [0.05, 0.1) is 6.10 Å². The molecule has 0 radical (unpaired) electrons. The zero-order valence-corrected chi connectivity index (χ0v) is 15.2. The molecule has 3 aliphatic rings. The molecule has 2 aliphatic carbocycles. The SMILES string of the molecule is Cl.O=C(Nc1ccc(OC2CCCCC2O)cc1)C1CC12CCNC2. The molecule has 4 rings (SSSR count). The van der Waals surface area contributed by atoms with Crippen LogP contribution in [-0.4, -0.2) is 36.3 Å². The van der Waals surface area contributed by atoms with Crippen LogP contribution in [0.15, 0.2) is 24.3 Å². The number of anilines is 1. The molecule has 1 saturated heterocycles. The van der Waals surface area contributed by atoms with E-state index in [1.165, 1.54) is 0 Å². The maximum atomic E-state index is 12.4. The van der Waals surface area contributed by atoms with Crippen molar-refractivity contribution in [3.8, 4) is 5.75 Å². The summed E-state index contributed by atoms with van der Waals surface area (Å²) in [4.78, 5) is 12.4. The van der Waals surface area contributed by atoms with Crippen LogP contribution >= 0.6 is 12.4 Å². The van der Waals surface area contributed by atoms with Crippen molar-refractivity contribution in [2.45, 2.75) is 50.7 Å². The van der Waals surface area contributed by atoms with Gasteiger partial charge in [0.25, 0.3) is 0 Å². The first-order valence-electron chi connectivity index (χ1n) is 9.13. The highest BCUT2D eigenvalue weighted by Gasteiger charge is 2.58. The largest absolute Gasteiger partial charge is 0.488 e. The highest BCUT2D eigenvalue weighted by molar-refractivity contribution is 5.95. The molecule has 4 atom stereocenters. The second-order valence-corrected chi connectivity index (χ2v) is 7.57. The van der Waals surface area contributed by atoms with E-state index in [0.29, 0.717) is 0 Å². The fourth-order valence-electron chi connectivity index (χ4n) is 4.19. The lowest BCUT2D eigenvalue weighted by molar-refractivity contribution is -0.118. The average molecular weight is 367 g/mol. The Labute approximate surface area is 154 Å². The fourth-order valence-corrected chi connectivity index (χ4v) is 4.19. The third-order valence-corrected chi connectivity index (χ3v) is 5.86. The number of aliphatic hydroxyl groups excluding tert-OH is 1. The van der Waals surface area contributed by atoms with E-state index in [9.17, 15) is 9.90 Å². The smallest absolute Gasteiger partial charge is 0.228 e. The van der Waals surface area contributed by atoms with Gasteiger partial charge in [-0.1, -0.05) is 6.42 Å². The summed E-state index contributed by atoms with van der Waals surface area (Å²) in [6, 6.07) is 7.50. The topological polar surface area (TPSA) is 70.6 Å². The molecule has 0 aromatic heterocycles. The third-order valence-electron chi connectivity index (χ3n) is 5.86. The lowest BCUT2D eigenvalue weighted by atomic mass is 9.95. The van der Waals surface area contributed by atoms with E-state index in [2.05, 4.69) is 10.6 Å². The highest BCUT2D eigenvalue weighted by Crippen LogP contribution is 2.56. The van der Waals surface area contributed by atoms with Gasteiger partial charge >= 0.3 is 0 Å². The van der Waals surface area contributed by atoms with E-state index in [0.717, 1.165) is 63.1 Å². The Kier molecular flexibility index (Phi) is 5.56. The van der Waals surface area contributed by atoms with Gasteiger partial charge in [0, 0.05) is 18.2 Å². The quantitative estimate of drug-likeness (QED) is 0.766. The number of hydrogen-bond acceptors (Lipinski definition) is 4. The second kappa shape index (κ2) is 7.52. The first-order chi connectivity index (χ1) is 11.7. The zero-order valence-electron chi connectivity index (χ0n) is 14.4. The molecule has 1 heterocycles. The van der Waals surface area contributed by atoms with E-state index in [1.807, 2.05) is 24.3 Å². The number of nitrogens with one attached hydrogen (secondary N) is 2. The van der Waals surface area contributed by atoms with Crippen molar-refractivity contribution >= 4 is 24.0 Å². The highest BCUT2D eigenvalue weighted by atomic mass is 35.5. The van der Waals surface area contributed by atoms with E-state index < -0.39 is 0 Å². The molecule has 138 valence electrons. The summed E-state index contributed by atoms with van der Waals surface area (Å²) in [5.41, 5.74) is 1.04. The van der Waals surface area contributed by atoms with Crippen molar-refractivity contribution < 1.29 is 14.6 Å². The molecule has 4 unspecified atom stereocenters. The standard InChI is InChI=1S/C19H26N2O3.ClH/c22-16-3-1-2-4-17(16)24-14-7-5-13(6-8-14)21-18(23)15-11-19(15)9-10-20-12-19;/h5-8,15-17,20,22H,1-4,9-12H2,(H,21,23);1H. The maximum Gasteiger partial charge on any atom is 0.228 e. The van der Waals surface area contributed by atoms with E-state index in [4.69, 9.17) is 4.74 Å². The predicted octanol–water partition coefficient (Wildman–Crippen LogP) is 2.73. The van der Waals surface area contributed by atoms with Crippen molar-refractivity contribution in [3.63, 3.8) is 0 Å². The normalized spacial score (nSPS) is 33.6. The third kappa shape index (κ3) is 3.94. The molecule has 3 fully saturated rings. The molecule has 3 N–H and O–H groups in total. The Bertz CT molecular complexity index is 601. The van der Waals surface area contributed by atoms with Gasteiger partial charge in [-0.25, -0.2) is 0 Å². The minimum absolute atomic E-state index is 0. The number of amides is 1. The summed E-state index contributed by atoms with van der Waals surface area (Å²) in [5.74, 6) is 1.04. The van der Waals surface area contributed by atoms with Crippen molar-refractivity contribution in [1.82, 2.24) is 5.32 Å². The number of hydrogen-bond donors (Lipinski definition) is 3. The fraction of sp³-hybridized carbons (Fsp3) is 0.632. The van der Waals surface area contributed by atoms with Crippen LogP contribution in [0.25, 0.3) is 0 Å². The molecule has 1 aromatic rings. The summed E-state index contributed by atoms with van der Waals surface area (Å²) < 4.78 is 5.89. The van der Waals surface area contributed by atoms with Crippen LogP contribution in [0.3, 0.4) is 0 Å². The van der Waals surface area contributed by atoms with Gasteiger partial charge < -0.3 is 20.5 Å². The van der Waals surface area contributed by atoms with E-state index in [1.54, 1.807) is 0 Å². The van der Waals surface area contributed by atoms with Crippen LogP contribution in [-0.2, 0) is 4.79 Å². The van der Waals surface area contributed by atoms with Crippen LogP contribution in [0.5, 0.6) is 5.75 Å². The summed E-state index contributed by atoms with van der Waals surface area (Å²) >= 11 is 0. The molecule has 1 aromatic carbocycles. The van der Waals surface area contributed by atoms with Crippen LogP contribution in [0.2, 0.25) is 0 Å². The molecule has 6 heteroatoms. The summed E-state index contributed by atoms with van der Waals surface area (Å²) in [5, 5.41) is 16.4. The lowest BCUT2D eigenvalue weighted by Gasteiger charge is -2.28. The minimum atomic E-state index is -0.371. The summed E-state index contributed by atoms with van der Waals surface area (Å²) in [6.07, 6.45) is 5.53. The number of carbonyl (C=O) groups is 1. The number of ether oxygens (including phenoxy) is 1. The summed E-state index contributed by atoms with van der Waals surface area (Å²) in [6.45, 7) is 2.00. The molecule has 1 spiro atoms. The van der Waals surface area contributed by atoms with E-state index in [-0.39, 0.29) is 41.9 Å². The van der Waals surface area contributed by atoms with Crippen molar-refractivity contribution in [2.24, 2.45) is 11.3 Å². The van der Waals surface area contributed by atoms with Crippen LogP contribution in [0.4, 0.5) is 5.69 Å². The maximum absolute atomic E-state index is 12.4. The predicted molar refractivity (Wildman–Crippen MR) is 99.2 cm³/mol. The molecule has 0 bridgehead atoms. The number of halogens is 1. The number of aliphatic hydroxyl groups is 1. The van der Waals surface area contributed by atoms with Gasteiger partial charge in [0.1, 0.15) is 11.9 Å². The summed E-state index contributed by atoms with van der Waals surface area (Å²) in [7, 11) is 0. The molecule has 2 saturated carbocycles. The van der Waals surface area contributed by atoms with Crippen molar-refractivity contribution in [3.05, 3.63) is 24.3 Å². The molecular formula is C19H27ClN2O3. The van der Waals surface area contributed by atoms with Crippen molar-refractivity contribution in [2.75, 3.05) is 18.4 Å². The Hall–Kier alpha value is -1.30. The average Bonchev–Trinajstić information content (AvgIpc) is 3.09. The van der Waals surface area contributed by atoms with Gasteiger partial charge in [-0.3, -0.25) is 4.79 Å². The van der Waals surface area contributed by atoms with Crippen LogP contribution < -0.4 is 15.4 Å². The Morgan fingerprint density at radius 3 is 2.68 bits per heavy atom. The van der Waals surface area contributed by atoms with Gasteiger partial charge in [0.2, 0.25) is 5.91 Å². The van der Waals surface area contributed by atoms with Crippen LogP contribution in [0, 0.1) is 11.3 Å². The first kappa shape index (κ1) is 18.5. The minimum Gasteiger partial charge on any atom is -0.488 e. The van der Waals surface area contributed by atoms with Crippen molar-refractivity contribution in [1.29, 1.82) is 0 Å². The number of carbonyl (C=O) groups excluding carboxylic acids is 1. The molecule has 1 amide bonds. The number of benzene rings is 1. The molecular weight excluding hydrogens is 340 g/mol. The number of rotatable bonds is 4. The monoisotopic (exact) mass is 366 g/mol. The van der Waals surface area contributed by atoms with E-state index >= 15 is 0 Å². The molecule has 1 aliphatic heterocycles. The van der Waals surface area contributed by atoms with Gasteiger partial charge in [-0.15, -0.1) is 12.4 Å². The van der Waals surface area contributed by atoms with Gasteiger partial charge in [0.15, 0.2) is 0 Å². The first-order valence-corrected chi connectivity index (χ1v) is 9.13. The Morgan fingerprint density at radius 2 is 2.00 bits per heavy atom. The molecule has 25 heavy (non-hydrogen) atoms. The lowest BCUT2D eigenvalue weighted by Crippen LogP contribution is -2.34. The molecule has 5 nitrogen and oxygen atoms in total. The van der Waals surface area contributed by atoms with Gasteiger partial charge in [-0.2, -0.15) is 0 Å². The van der Waals surface area contributed by atoms with Crippen LogP contribution in [0.1, 0.15) is 38.5 Å². The Balaban J connectivity index is 0.00000182. The second-order valence-electron chi connectivity index (χ2n) is 7.57. The zero-order chi connectivity index (χ0) is 16.6. The Morgan fingerprint density at radius 1 is 1.24 bits per heavy atom. The van der Waals surface area contributed by atoms with Gasteiger partial charge in [-0.05, 0) is 68.3 Å².